The van der Waals surface area contributed by atoms with Gasteiger partial charge in [-0.25, -0.2) is 0 Å². The van der Waals surface area contributed by atoms with Crippen LogP contribution < -0.4 is 27.4 Å². The molecule has 0 rings (SSSR count). The van der Waals surface area contributed by atoms with E-state index < -0.39 is 66.4 Å². The summed E-state index contributed by atoms with van der Waals surface area (Å²) in [4.78, 5) is 59.0. The summed E-state index contributed by atoms with van der Waals surface area (Å²) < 4.78 is 0. The molecule has 13 heteroatoms. The summed E-state index contributed by atoms with van der Waals surface area (Å²) in [5.41, 5.74) is 10.9. The summed E-state index contributed by atoms with van der Waals surface area (Å²) in [5, 5.41) is 34.0. The molecule has 0 aliphatic heterocycles. The molecule has 0 aromatic carbocycles. The number of unbranched alkanes of at least 4 members (excludes halogenated alkanes) is 1. The Morgan fingerprint density at radius 1 is 0.867 bits per heavy atom. The van der Waals surface area contributed by atoms with Crippen molar-refractivity contribution < 1.29 is 39.3 Å². The summed E-state index contributed by atoms with van der Waals surface area (Å²) in [7, 11) is 0. The Morgan fingerprint density at radius 2 is 1.40 bits per heavy atom. The lowest BCUT2D eigenvalue weighted by Crippen LogP contribution is -2.58. The topological polar surface area (TPSA) is 234 Å². The van der Waals surface area contributed by atoms with Crippen LogP contribution in [0.2, 0.25) is 0 Å². The third-order valence-electron chi connectivity index (χ3n) is 4.14. The Labute approximate surface area is 173 Å². The number of amides is 3. The summed E-state index contributed by atoms with van der Waals surface area (Å²) in [6.45, 7) is 2.82. The minimum absolute atomic E-state index is 0.113. The van der Waals surface area contributed by atoms with Crippen molar-refractivity contribution in [3.8, 4) is 0 Å². The van der Waals surface area contributed by atoms with Gasteiger partial charge in [0, 0.05) is 0 Å². The van der Waals surface area contributed by atoms with Crippen LogP contribution in [-0.2, 0) is 24.0 Å². The van der Waals surface area contributed by atoms with E-state index >= 15 is 0 Å². The zero-order chi connectivity index (χ0) is 23.4. The molecule has 0 radical (unpaired) electrons. The number of rotatable bonds is 14. The van der Waals surface area contributed by atoms with Crippen molar-refractivity contribution >= 4 is 29.7 Å². The number of aliphatic hydroxyl groups excluding tert-OH is 1. The number of aliphatic carboxylic acids is 2. The fourth-order valence-electron chi connectivity index (χ4n) is 2.28. The van der Waals surface area contributed by atoms with Crippen LogP contribution in [0.1, 0.15) is 39.5 Å². The molecule has 0 aliphatic rings. The summed E-state index contributed by atoms with van der Waals surface area (Å²) in [6, 6.07) is -5.36. The van der Waals surface area contributed by atoms with Crippen LogP contribution in [0.5, 0.6) is 0 Å². The SMILES string of the molecule is CC(NC(=O)C(CCCCN)NC(=O)C(CC(=O)O)NC(=O)C(N)C(C)O)C(=O)O. The van der Waals surface area contributed by atoms with Gasteiger partial charge in [-0.2, -0.15) is 0 Å². The van der Waals surface area contributed by atoms with Crippen LogP contribution in [0.4, 0.5) is 0 Å². The van der Waals surface area contributed by atoms with E-state index in [2.05, 4.69) is 16.0 Å². The van der Waals surface area contributed by atoms with Crippen molar-refractivity contribution in [2.24, 2.45) is 11.5 Å². The number of nitrogens with one attached hydrogen (secondary N) is 3. The van der Waals surface area contributed by atoms with Gasteiger partial charge in [0.25, 0.3) is 0 Å². The zero-order valence-corrected chi connectivity index (χ0v) is 17.0. The second kappa shape index (κ2) is 13.5. The largest absolute Gasteiger partial charge is 0.481 e. The molecule has 0 heterocycles. The molecule has 0 saturated carbocycles. The molecule has 5 unspecified atom stereocenters. The number of carbonyl (C=O) groups is 5. The van der Waals surface area contributed by atoms with E-state index in [0.29, 0.717) is 19.4 Å². The molecule has 10 N–H and O–H groups in total. The molecule has 0 aromatic heterocycles. The predicted molar refractivity (Wildman–Crippen MR) is 104 cm³/mol. The third kappa shape index (κ3) is 10.1. The molecular formula is C17H31N5O8. The second-order valence-electron chi connectivity index (χ2n) is 6.84. The highest BCUT2D eigenvalue weighted by atomic mass is 16.4. The lowest BCUT2D eigenvalue weighted by atomic mass is 10.1. The van der Waals surface area contributed by atoms with Gasteiger partial charge >= 0.3 is 11.9 Å². The molecular weight excluding hydrogens is 402 g/mol. The van der Waals surface area contributed by atoms with Crippen LogP contribution in [-0.4, -0.2) is 81.8 Å². The van der Waals surface area contributed by atoms with Crippen molar-refractivity contribution in [3.63, 3.8) is 0 Å². The van der Waals surface area contributed by atoms with Crippen molar-refractivity contribution in [2.75, 3.05) is 6.54 Å². The minimum atomic E-state index is -1.57. The lowest BCUT2D eigenvalue weighted by molar-refractivity contribution is -0.143. The Balaban J connectivity index is 5.36. The van der Waals surface area contributed by atoms with Gasteiger partial charge in [-0.05, 0) is 39.7 Å². The van der Waals surface area contributed by atoms with Gasteiger partial charge < -0.3 is 42.7 Å². The Morgan fingerprint density at radius 3 is 1.87 bits per heavy atom. The van der Waals surface area contributed by atoms with Gasteiger partial charge in [0.05, 0.1) is 12.5 Å². The van der Waals surface area contributed by atoms with Crippen LogP contribution >= 0.6 is 0 Å². The van der Waals surface area contributed by atoms with Crippen molar-refractivity contribution in [1.29, 1.82) is 0 Å². The average Bonchev–Trinajstić information content (AvgIpc) is 2.65. The number of nitrogens with two attached hydrogens (primary N) is 2. The first-order valence-electron chi connectivity index (χ1n) is 9.40. The number of hydrogen-bond acceptors (Lipinski definition) is 8. The quantitative estimate of drug-likeness (QED) is 0.128. The average molecular weight is 433 g/mol. The highest BCUT2D eigenvalue weighted by Gasteiger charge is 2.31. The number of carboxylic acids is 2. The minimum Gasteiger partial charge on any atom is -0.481 e. The van der Waals surface area contributed by atoms with Crippen molar-refractivity contribution in [2.45, 2.75) is 69.8 Å². The smallest absolute Gasteiger partial charge is 0.325 e. The van der Waals surface area contributed by atoms with E-state index in [1.54, 1.807) is 0 Å². The monoisotopic (exact) mass is 433 g/mol. The van der Waals surface area contributed by atoms with E-state index in [0.717, 1.165) is 0 Å². The van der Waals surface area contributed by atoms with Crippen LogP contribution in [0.25, 0.3) is 0 Å². The maximum atomic E-state index is 12.6. The lowest BCUT2D eigenvalue weighted by Gasteiger charge is -2.24. The molecule has 0 aliphatic carbocycles. The van der Waals surface area contributed by atoms with Crippen molar-refractivity contribution in [1.82, 2.24) is 16.0 Å². The molecule has 0 aromatic rings. The molecule has 5 atom stereocenters. The highest BCUT2D eigenvalue weighted by molar-refractivity contribution is 5.95. The number of carbonyl (C=O) groups excluding carboxylic acids is 3. The first-order valence-corrected chi connectivity index (χ1v) is 9.40. The Kier molecular flexibility index (Phi) is 12.2. The first-order chi connectivity index (χ1) is 13.9. The van der Waals surface area contributed by atoms with Crippen LogP contribution in [0.3, 0.4) is 0 Å². The van der Waals surface area contributed by atoms with E-state index in [1.807, 2.05) is 0 Å². The van der Waals surface area contributed by atoms with Gasteiger partial charge in [-0.1, -0.05) is 0 Å². The zero-order valence-electron chi connectivity index (χ0n) is 17.0. The van der Waals surface area contributed by atoms with Crippen molar-refractivity contribution in [3.05, 3.63) is 0 Å². The highest BCUT2D eigenvalue weighted by Crippen LogP contribution is 2.04. The summed E-state index contributed by atoms with van der Waals surface area (Å²) >= 11 is 0. The number of aliphatic hydroxyl groups is 1. The summed E-state index contributed by atoms with van der Waals surface area (Å²) in [6.07, 6.45) is -0.966. The van der Waals surface area contributed by atoms with Crippen LogP contribution in [0.15, 0.2) is 0 Å². The molecule has 172 valence electrons. The molecule has 0 fully saturated rings. The fraction of sp³-hybridized carbons (Fsp3) is 0.706. The fourth-order valence-corrected chi connectivity index (χ4v) is 2.28. The van der Waals surface area contributed by atoms with E-state index in [4.69, 9.17) is 21.7 Å². The van der Waals surface area contributed by atoms with Gasteiger partial charge in [-0.3, -0.25) is 24.0 Å². The van der Waals surface area contributed by atoms with E-state index in [1.165, 1.54) is 13.8 Å². The number of hydrogen-bond donors (Lipinski definition) is 8. The van der Waals surface area contributed by atoms with Gasteiger partial charge in [0.1, 0.15) is 24.2 Å². The standard InChI is InChI=1S/C17H31N5O8/c1-8(17(29)30)20-14(26)10(5-3-4-6-18)21-15(27)11(7-12(24)25)22-16(28)13(19)9(2)23/h8-11,13,23H,3-7,18-19H2,1-2H3,(H,20,26)(H,21,27)(H,22,28)(H,24,25)(H,29,30). The third-order valence-corrected chi connectivity index (χ3v) is 4.14. The van der Waals surface area contributed by atoms with Gasteiger partial charge in [0.15, 0.2) is 0 Å². The van der Waals surface area contributed by atoms with Crippen LogP contribution in [0, 0.1) is 0 Å². The maximum absolute atomic E-state index is 12.6. The van der Waals surface area contributed by atoms with E-state index in [-0.39, 0.29) is 6.42 Å². The molecule has 30 heavy (non-hydrogen) atoms. The predicted octanol–water partition coefficient (Wildman–Crippen LogP) is -3.14. The van der Waals surface area contributed by atoms with Gasteiger partial charge in [-0.15, -0.1) is 0 Å². The normalized spacial score (nSPS) is 15.8. The maximum Gasteiger partial charge on any atom is 0.325 e. The Hall–Kier alpha value is -2.77. The first kappa shape index (κ1) is 27.2. The molecule has 0 saturated heterocycles. The van der Waals surface area contributed by atoms with Gasteiger partial charge in [0.2, 0.25) is 17.7 Å². The molecule has 13 nitrogen and oxygen atoms in total. The van der Waals surface area contributed by atoms with E-state index in [9.17, 15) is 29.1 Å². The number of carboxylic acid groups (broad SMARTS) is 2. The molecule has 0 spiro atoms. The summed E-state index contributed by atoms with van der Waals surface area (Å²) in [5.74, 6) is -5.38. The molecule has 3 amide bonds. The molecule has 0 bridgehead atoms. The Bertz CT molecular complexity index is 627. The second-order valence-corrected chi connectivity index (χ2v) is 6.84.